The van der Waals surface area contributed by atoms with Crippen molar-refractivity contribution < 1.29 is 4.79 Å². The Balaban J connectivity index is 2.25. The second-order valence-electron chi connectivity index (χ2n) is 4.97. The first-order chi connectivity index (χ1) is 9.88. The molecule has 0 saturated carbocycles. The molecule has 0 radical (unpaired) electrons. The molecule has 0 heterocycles. The maximum absolute atomic E-state index is 12.4. The van der Waals surface area contributed by atoms with E-state index in [0.717, 1.165) is 25.9 Å². The van der Waals surface area contributed by atoms with E-state index in [1.807, 2.05) is 56.3 Å². The molecule has 5 heteroatoms. The van der Waals surface area contributed by atoms with Crippen LogP contribution in [0.25, 0.3) is 0 Å². The van der Waals surface area contributed by atoms with Crippen LogP contribution in [0.4, 0.5) is 11.4 Å². The Bertz CT molecular complexity index is 684. The van der Waals surface area contributed by atoms with E-state index in [4.69, 9.17) is 0 Å². The lowest BCUT2D eigenvalue weighted by atomic mass is 10.1. The molecule has 0 unspecified atom stereocenters. The number of carbonyl (C=O) groups is 1. The summed E-state index contributed by atoms with van der Waals surface area (Å²) in [5.41, 5.74) is 3.55. The highest BCUT2D eigenvalue weighted by Gasteiger charge is 2.12. The predicted molar refractivity (Wildman–Crippen MR) is 95.3 cm³/mol. The molecule has 0 spiro atoms. The molecule has 0 atom stereocenters. The van der Waals surface area contributed by atoms with Gasteiger partial charge in [-0.05, 0) is 64.8 Å². The molecule has 21 heavy (non-hydrogen) atoms. The number of carbonyl (C=O) groups excluding carboxylic acids is 1. The number of aryl methyl sites for hydroxylation is 1. The third-order valence-electron chi connectivity index (χ3n) is 3.15. The number of hydrogen-bond donors (Lipinski definition) is 1. The van der Waals surface area contributed by atoms with E-state index in [1.165, 1.54) is 0 Å². The number of anilines is 2. The third-order valence-corrected chi connectivity index (χ3v) is 4.33. The lowest BCUT2D eigenvalue weighted by molar-refractivity contribution is 0.102. The Hall–Kier alpha value is -1.33. The molecule has 2 rings (SSSR count). The van der Waals surface area contributed by atoms with Gasteiger partial charge in [-0.25, -0.2) is 0 Å². The number of nitrogens with one attached hydrogen (secondary N) is 1. The van der Waals surface area contributed by atoms with Crippen molar-refractivity contribution in [2.24, 2.45) is 0 Å². The Morgan fingerprint density at radius 3 is 2.43 bits per heavy atom. The van der Waals surface area contributed by atoms with E-state index in [1.54, 1.807) is 6.07 Å². The van der Waals surface area contributed by atoms with Crippen LogP contribution in [0, 0.1) is 6.92 Å². The average molecular weight is 412 g/mol. The lowest BCUT2D eigenvalue weighted by Gasteiger charge is -2.16. The first kappa shape index (κ1) is 16.0. The first-order valence-corrected chi connectivity index (χ1v) is 8.01. The maximum Gasteiger partial charge on any atom is 0.256 e. The molecule has 0 aliphatic rings. The monoisotopic (exact) mass is 410 g/mol. The van der Waals surface area contributed by atoms with Gasteiger partial charge in [0.15, 0.2) is 0 Å². The Morgan fingerprint density at radius 1 is 1.10 bits per heavy atom. The average Bonchev–Trinajstić information content (AvgIpc) is 2.43. The molecular formula is C16H16Br2N2O. The summed E-state index contributed by atoms with van der Waals surface area (Å²) in [6.07, 6.45) is 0. The van der Waals surface area contributed by atoms with Crippen LogP contribution >= 0.6 is 31.9 Å². The first-order valence-electron chi connectivity index (χ1n) is 6.43. The molecule has 0 fully saturated rings. The van der Waals surface area contributed by atoms with E-state index in [9.17, 15) is 4.79 Å². The molecule has 0 aliphatic carbocycles. The minimum atomic E-state index is -0.135. The van der Waals surface area contributed by atoms with Gasteiger partial charge in [0, 0.05) is 34.4 Å². The highest BCUT2D eigenvalue weighted by atomic mass is 79.9. The molecule has 2 aromatic rings. The van der Waals surface area contributed by atoms with Crippen molar-refractivity contribution >= 4 is 49.1 Å². The van der Waals surface area contributed by atoms with Crippen LogP contribution in [0.2, 0.25) is 0 Å². The van der Waals surface area contributed by atoms with Crippen LogP contribution in [0.1, 0.15) is 15.9 Å². The van der Waals surface area contributed by atoms with Gasteiger partial charge in [0.25, 0.3) is 5.91 Å². The summed E-state index contributed by atoms with van der Waals surface area (Å²) in [6, 6.07) is 11.5. The molecule has 2 aromatic carbocycles. The van der Waals surface area contributed by atoms with Crippen molar-refractivity contribution in [3.8, 4) is 0 Å². The van der Waals surface area contributed by atoms with Gasteiger partial charge in [-0.15, -0.1) is 0 Å². The van der Waals surface area contributed by atoms with E-state index >= 15 is 0 Å². The standard InChI is InChI=1S/C16H16Br2N2O/c1-10-8-12(20(2)3)5-7-15(10)19-16(21)13-9-11(17)4-6-14(13)18/h4-9H,1-3H3,(H,19,21). The van der Waals surface area contributed by atoms with E-state index in [0.29, 0.717) is 5.56 Å². The Labute approximate surface area is 141 Å². The van der Waals surface area contributed by atoms with Crippen LogP contribution in [0.15, 0.2) is 45.3 Å². The normalized spacial score (nSPS) is 10.3. The van der Waals surface area contributed by atoms with E-state index < -0.39 is 0 Å². The van der Waals surface area contributed by atoms with Gasteiger partial charge in [0.1, 0.15) is 0 Å². The number of nitrogens with zero attached hydrogens (tertiary/aromatic N) is 1. The SMILES string of the molecule is Cc1cc(N(C)C)ccc1NC(=O)c1cc(Br)ccc1Br. The smallest absolute Gasteiger partial charge is 0.256 e. The van der Waals surface area contributed by atoms with Crippen molar-refractivity contribution in [3.63, 3.8) is 0 Å². The van der Waals surface area contributed by atoms with Crippen molar-refractivity contribution in [1.29, 1.82) is 0 Å². The fourth-order valence-corrected chi connectivity index (χ4v) is 2.72. The highest BCUT2D eigenvalue weighted by molar-refractivity contribution is 9.11. The molecule has 3 nitrogen and oxygen atoms in total. The quantitative estimate of drug-likeness (QED) is 0.783. The van der Waals surface area contributed by atoms with Gasteiger partial charge in [0.05, 0.1) is 5.56 Å². The molecule has 1 N–H and O–H groups in total. The summed E-state index contributed by atoms with van der Waals surface area (Å²) in [5.74, 6) is -0.135. The fraction of sp³-hybridized carbons (Fsp3) is 0.188. The zero-order chi connectivity index (χ0) is 15.6. The zero-order valence-corrected chi connectivity index (χ0v) is 15.2. The number of rotatable bonds is 3. The molecule has 1 amide bonds. The van der Waals surface area contributed by atoms with Crippen molar-refractivity contribution in [2.75, 3.05) is 24.3 Å². The van der Waals surface area contributed by atoms with Gasteiger partial charge in [0.2, 0.25) is 0 Å². The Morgan fingerprint density at radius 2 is 1.81 bits per heavy atom. The number of hydrogen-bond acceptors (Lipinski definition) is 2. The molecular weight excluding hydrogens is 396 g/mol. The highest BCUT2D eigenvalue weighted by Crippen LogP contribution is 2.25. The molecule has 0 bridgehead atoms. The molecule has 0 aromatic heterocycles. The molecule has 0 aliphatic heterocycles. The summed E-state index contributed by atoms with van der Waals surface area (Å²) in [7, 11) is 3.98. The topological polar surface area (TPSA) is 32.3 Å². The van der Waals surface area contributed by atoms with Gasteiger partial charge in [-0.1, -0.05) is 15.9 Å². The second-order valence-corrected chi connectivity index (χ2v) is 6.74. The third kappa shape index (κ3) is 3.86. The number of benzene rings is 2. The maximum atomic E-state index is 12.4. The number of amides is 1. The van der Waals surface area contributed by atoms with Crippen LogP contribution in [-0.4, -0.2) is 20.0 Å². The van der Waals surface area contributed by atoms with E-state index in [-0.39, 0.29) is 5.91 Å². The largest absolute Gasteiger partial charge is 0.378 e. The van der Waals surface area contributed by atoms with Gasteiger partial charge < -0.3 is 10.2 Å². The minimum Gasteiger partial charge on any atom is -0.378 e. The van der Waals surface area contributed by atoms with Gasteiger partial charge in [-0.2, -0.15) is 0 Å². The van der Waals surface area contributed by atoms with Crippen molar-refractivity contribution in [2.45, 2.75) is 6.92 Å². The zero-order valence-electron chi connectivity index (χ0n) is 12.1. The van der Waals surface area contributed by atoms with Crippen LogP contribution in [0.5, 0.6) is 0 Å². The Kier molecular flexibility index (Phi) is 5.06. The molecule has 110 valence electrons. The second kappa shape index (κ2) is 6.62. The molecule has 0 saturated heterocycles. The lowest BCUT2D eigenvalue weighted by Crippen LogP contribution is -2.14. The minimum absolute atomic E-state index is 0.135. The van der Waals surface area contributed by atoms with E-state index in [2.05, 4.69) is 37.2 Å². The summed E-state index contributed by atoms with van der Waals surface area (Å²) >= 11 is 6.79. The number of halogens is 2. The van der Waals surface area contributed by atoms with Crippen molar-refractivity contribution in [3.05, 3.63) is 56.5 Å². The summed E-state index contributed by atoms with van der Waals surface area (Å²) in [4.78, 5) is 14.4. The van der Waals surface area contributed by atoms with Gasteiger partial charge >= 0.3 is 0 Å². The predicted octanol–water partition coefficient (Wildman–Crippen LogP) is 4.84. The van der Waals surface area contributed by atoms with Crippen molar-refractivity contribution in [1.82, 2.24) is 0 Å². The fourth-order valence-electron chi connectivity index (χ4n) is 1.93. The van der Waals surface area contributed by atoms with Crippen LogP contribution in [-0.2, 0) is 0 Å². The van der Waals surface area contributed by atoms with Gasteiger partial charge in [-0.3, -0.25) is 4.79 Å². The summed E-state index contributed by atoms with van der Waals surface area (Å²) < 4.78 is 1.64. The van der Waals surface area contributed by atoms with Crippen LogP contribution in [0.3, 0.4) is 0 Å². The van der Waals surface area contributed by atoms with Crippen LogP contribution < -0.4 is 10.2 Å². The summed E-state index contributed by atoms with van der Waals surface area (Å²) in [6.45, 7) is 1.98. The summed E-state index contributed by atoms with van der Waals surface area (Å²) in [5, 5.41) is 2.95.